The van der Waals surface area contributed by atoms with E-state index in [0.717, 1.165) is 59.9 Å². The molecule has 0 spiro atoms. The van der Waals surface area contributed by atoms with Crippen LogP contribution in [0, 0.1) is 13.8 Å². The van der Waals surface area contributed by atoms with Crippen LogP contribution >= 0.6 is 15.9 Å². The fourth-order valence-electron chi connectivity index (χ4n) is 3.42. The first-order valence-electron chi connectivity index (χ1n) is 9.54. The van der Waals surface area contributed by atoms with E-state index >= 15 is 0 Å². The smallest absolute Gasteiger partial charge is 0.191 e. The van der Waals surface area contributed by atoms with E-state index in [0.29, 0.717) is 12.6 Å². The number of aliphatic imine (C=N–C) groups is 1. The van der Waals surface area contributed by atoms with Crippen LogP contribution in [0.2, 0.25) is 0 Å². The lowest BCUT2D eigenvalue weighted by Gasteiger charge is -2.20. The summed E-state index contributed by atoms with van der Waals surface area (Å²) >= 11 is 3.50. The summed E-state index contributed by atoms with van der Waals surface area (Å²) in [7, 11) is 0. The highest BCUT2D eigenvalue weighted by Gasteiger charge is 2.23. The van der Waals surface area contributed by atoms with Crippen molar-refractivity contribution >= 4 is 27.6 Å². The third-order valence-corrected chi connectivity index (χ3v) is 5.41. The van der Waals surface area contributed by atoms with Crippen molar-refractivity contribution in [2.45, 2.75) is 39.7 Å². The van der Waals surface area contributed by atoms with Gasteiger partial charge in [-0.1, -0.05) is 21.1 Å². The molecule has 146 valence electrons. The number of benzene rings is 1. The number of aromatic nitrogens is 1. The van der Waals surface area contributed by atoms with Gasteiger partial charge < -0.3 is 20.1 Å². The molecule has 2 heterocycles. The molecule has 1 atom stereocenters. The first-order valence-corrected chi connectivity index (χ1v) is 10.3. The van der Waals surface area contributed by atoms with E-state index in [1.807, 2.05) is 13.8 Å². The Bertz CT molecular complexity index is 752. The average molecular weight is 434 g/mol. The van der Waals surface area contributed by atoms with Crippen molar-refractivity contribution in [1.29, 1.82) is 0 Å². The average Bonchev–Trinajstić information content (AvgIpc) is 3.24. The van der Waals surface area contributed by atoms with E-state index in [4.69, 9.17) is 9.52 Å². The maximum atomic E-state index is 5.23. The minimum atomic E-state index is 0.394. The number of anilines is 1. The van der Waals surface area contributed by atoms with Crippen LogP contribution in [0.4, 0.5) is 5.69 Å². The molecule has 0 saturated carbocycles. The lowest BCUT2D eigenvalue weighted by molar-refractivity contribution is 0.392. The van der Waals surface area contributed by atoms with E-state index in [2.05, 4.69) is 67.8 Å². The molecule has 0 amide bonds. The normalized spacial score (nSPS) is 17.4. The summed E-state index contributed by atoms with van der Waals surface area (Å²) < 4.78 is 6.34. The second-order valence-electron chi connectivity index (χ2n) is 6.87. The first kappa shape index (κ1) is 19.7. The van der Waals surface area contributed by atoms with Crippen LogP contribution in [0.25, 0.3) is 0 Å². The minimum absolute atomic E-state index is 0.394. The van der Waals surface area contributed by atoms with Gasteiger partial charge >= 0.3 is 0 Å². The monoisotopic (exact) mass is 433 g/mol. The second-order valence-corrected chi connectivity index (χ2v) is 7.78. The van der Waals surface area contributed by atoms with Crippen LogP contribution in [0.3, 0.4) is 0 Å². The topological polar surface area (TPSA) is 65.7 Å². The second kappa shape index (κ2) is 9.26. The van der Waals surface area contributed by atoms with Gasteiger partial charge in [0.1, 0.15) is 5.76 Å². The van der Waals surface area contributed by atoms with Gasteiger partial charge in [0.25, 0.3) is 0 Å². The van der Waals surface area contributed by atoms with Crippen LogP contribution in [0.1, 0.15) is 30.4 Å². The van der Waals surface area contributed by atoms with Crippen molar-refractivity contribution < 1.29 is 4.52 Å². The van der Waals surface area contributed by atoms with Crippen molar-refractivity contribution in [1.82, 2.24) is 15.8 Å². The largest absolute Gasteiger partial charge is 0.369 e. The number of nitrogens with one attached hydrogen (secondary N) is 2. The molecular formula is C20H28BrN5O. The summed E-state index contributed by atoms with van der Waals surface area (Å²) in [5.74, 6) is 1.77. The van der Waals surface area contributed by atoms with Crippen LogP contribution < -0.4 is 15.5 Å². The van der Waals surface area contributed by atoms with Crippen LogP contribution in [0.5, 0.6) is 0 Å². The quantitative estimate of drug-likeness (QED) is 0.539. The number of hydrogen-bond donors (Lipinski definition) is 2. The fraction of sp³-hybridized carbons (Fsp3) is 0.500. The Kier molecular flexibility index (Phi) is 6.77. The Balaban J connectivity index is 1.55. The molecule has 1 aromatic carbocycles. The fourth-order valence-corrected chi connectivity index (χ4v) is 3.68. The van der Waals surface area contributed by atoms with Crippen molar-refractivity contribution in [3.05, 3.63) is 45.8 Å². The summed E-state index contributed by atoms with van der Waals surface area (Å²) in [5, 5.41) is 11.0. The molecule has 1 aliphatic heterocycles. The Morgan fingerprint density at radius 1 is 1.33 bits per heavy atom. The van der Waals surface area contributed by atoms with Crippen LogP contribution in [0.15, 0.2) is 38.3 Å². The van der Waals surface area contributed by atoms with E-state index < -0.39 is 0 Å². The Morgan fingerprint density at radius 3 is 2.78 bits per heavy atom. The number of rotatable bonds is 6. The molecule has 0 bridgehead atoms. The number of halogens is 1. The molecule has 1 aliphatic rings. The van der Waals surface area contributed by atoms with Gasteiger partial charge in [-0.25, -0.2) is 0 Å². The molecular weight excluding hydrogens is 406 g/mol. The molecule has 7 heteroatoms. The molecule has 1 saturated heterocycles. The molecule has 6 nitrogen and oxygen atoms in total. The van der Waals surface area contributed by atoms with Gasteiger partial charge in [0.05, 0.1) is 5.69 Å². The molecule has 0 aliphatic carbocycles. The van der Waals surface area contributed by atoms with Gasteiger partial charge in [-0.05, 0) is 57.9 Å². The predicted octanol–water partition coefficient (Wildman–Crippen LogP) is 3.43. The highest BCUT2D eigenvalue weighted by Crippen LogP contribution is 2.22. The van der Waals surface area contributed by atoms with Crippen molar-refractivity contribution in [3.8, 4) is 0 Å². The molecule has 1 unspecified atom stereocenters. The maximum Gasteiger partial charge on any atom is 0.191 e. The van der Waals surface area contributed by atoms with Gasteiger partial charge in [0.2, 0.25) is 0 Å². The van der Waals surface area contributed by atoms with E-state index in [-0.39, 0.29) is 0 Å². The zero-order valence-corrected chi connectivity index (χ0v) is 17.8. The van der Waals surface area contributed by atoms with E-state index in [1.165, 1.54) is 5.69 Å². The van der Waals surface area contributed by atoms with Crippen LogP contribution in [-0.2, 0) is 6.42 Å². The standard InChI is InChI=1S/C20H28BrN5O/c1-4-22-20(23-11-9-19-14(2)25-27-15(19)3)24-17-10-12-26(13-17)18-7-5-16(21)6-8-18/h5-8,17H,4,9-13H2,1-3H3,(H2,22,23,24). The summed E-state index contributed by atoms with van der Waals surface area (Å²) in [6.07, 6.45) is 1.94. The Labute approximate surface area is 169 Å². The minimum Gasteiger partial charge on any atom is -0.369 e. The summed E-state index contributed by atoms with van der Waals surface area (Å²) in [4.78, 5) is 7.16. The van der Waals surface area contributed by atoms with Gasteiger partial charge in [0.15, 0.2) is 5.96 Å². The van der Waals surface area contributed by atoms with Crippen LogP contribution in [-0.4, -0.2) is 43.3 Å². The lowest BCUT2D eigenvalue weighted by Crippen LogP contribution is -2.44. The highest BCUT2D eigenvalue weighted by atomic mass is 79.9. The predicted molar refractivity (Wildman–Crippen MR) is 114 cm³/mol. The molecule has 27 heavy (non-hydrogen) atoms. The van der Waals surface area contributed by atoms with Gasteiger partial charge in [-0.3, -0.25) is 4.99 Å². The van der Waals surface area contributed by atoms with Crippen molar-refractivity contribution in [2.24, 2.45) is 4.99 Å². The zero-order chi connectivity index (χ0) is 19.2. The number of nitrogens with zero attached hydrogens (tertiary/aromatic N) is 3. The molecule has 3 rings (SSSR count). The highest BCUT2D eigenvalue weighted by molar-refractivity contribution is 9.10. The van der Waals surface area contributed by atoms with Gasteiger partial charge in [-0.15, -0.1) is 0 Å². The third kappa shape index (κ3) is 5.25. The molecule has 2 aromatic rings. The molecule has 0 radical (unpaired) electrons. The Morgan fingerprint density at radius 2 is 2.11 bits per heavy atom. The molecule has 1 fully saturated rings. The Hall–Kier alpha value is -2.02. The zero-order valence-electron chi connectivity index (χ0n) is 16.3. The molecule has 2 N–H and O–H groups in total. The van der Waals surface area contributed by atoms with Gasteiger partial charge in [0, 0.05) is 47.9 Å². The summed E-state index contributed by atoms with van der Waals surface area (Å²) in [6.45, 7) is 9.62. The summed E-state index contributed by atoms with van der Waals surface area (Å²) in [6, 6.07) is 8.91. The van der Waals surface area contributed by atoms with Crippen molar-refractivity contribution in [3.63, 3.8) is 0 Å². The summed E-state index contributed by atoms with van der Waals surface area (Å²) in [5.41, 5.74) is 3.39. The van der Waals surface area contributed by atoms with E-state index in [1.54, 1.807) is 0 Å². The number of aryl methyl sites for hydroxylation is 2. The number of hydrogen-bond acceptors (Lipinski definition) is 4. The van der Waals surface area contributed by atoms with Crippen molar-refractivity contribution in [2.75, 3.05) is 31.1 Å². The van der Waals surface area contributed by atoms with E-state index in [9.17, 15) is 0 Å². The number of guanidine groups is 1. The van der Waals surface area contributed by atoms with Gasteiger partial charge in [-0.2, -0.15) is 0 Å². The maximum absolute atomic E-state index is 5.23. The molecule has 1 aromatic heterocycles. The SMILES string of the molecule is CCNC(=NCCc1c(C)noc1C)NC1CCN(c2ccc(Br)cc2)C1. The third-order valence-electron chi connectivity index (χ3n) is 4.88. The lowest BCUT2D eigenvalue weighted by atomic mass is 10.1. The first-order chi connectivity index (χ1) is 13.1.